The molecule has 0 amide bonds. The van der Waals surface area contributed by atoms with E-state index in [9.17, 15) is 12.8 Å². The third kappa shape index (κ3) is 5.36. The second-order valence-electron chi connectivity index (χ2n) is 8.96. The number of pyridine rings is 1. The molecule has 11 heteroatoms. The number of nitrogens with zero attached hydrogens (tertiary/aromatic N) is 5. The van der Waals surface area contributed by atoms with Gasteiger partial charge in [-0.3, -0.25) is 19.4 Å². The topological polar surface area (TPSA) is 112 Å². The van der Waals surface area contributed by atoms with E-state index in [1.165, 1.54) is 54.7 Å². The molecule has 6 aromatic rings. The first-order valence-corrected chi connectivity index (χ1v) is 13.6. The van der Waals surface area contributed by atoms with Crippen molar-refractivity contribution in [2.24, 2.45) is 7.05 Å². The fourth-order valence-corrected chi connectivity index (χ4v) is 5.11. The minimum absolute atomic E-state index is 0.0493. The van der Waals surface area contributed by atoms with Crippen LogP contribution in [0.15, 0.2) is 109 Å². The van der Waals surface area contributed by atoms with Crippen LogP contribution in [0.3, 0.4) is 0 Å². The first-order chi connectivity index (χ1) is 19.3. The summed E-state index contributed by atoms with van der Waals surface area (Å²) in [4.78, 5) is 13.5. The maximum absolute atomic E-state index is 13.1. The van der Waals surface area contributed by atoms with Crippen LogP contribution >= 0.6 is 0 Å². The lowest BCUT2D eigenvalue weighted by Crippen LogP contribution is -2.13. The normalized spacial score (nSPS) is 11.4. The van der Waals surface area contributed by atoms with Crippen LogP contribution in [0.4, 0.5) is 10.1 Å². The van der Waals surface area contributed by atoms with E-state index in [1.807, 2.05) is 31.4 Å². The molecule has 0 aliphatic heterocycles. The number of ether oxygens (including phenoxy) is 1. The number of nitrogens with one attached hydrogen (secondary N) is 1. The molecule has 6 rings (SSSR count). The first-order valence-electron chi connectivity index (χ1n) is 12.1. The fourth-order valence-electron chi connectivity index (χ4n) is 4.08. The van der Waals surface area contributed by atoms with E-state index in [4.69, 9.17) is 9.72 Å². The number of sulfonamides is 1. The molecular weight excluding hydrogens is 531 g/mol. The molecule has 0 aliphatic rings. The van der Waals surface area contributed by atoms with Gasteiger partial charge in [-0.1, -0.05) is 6.07 Å². The number of hydrogen-bond acceptors (Lipinski definition) is 7. The summed E-state index contributed by atoms with van der Waals surface area (Å²) in [5.41, 5.74) is 4.79. The molecule has 0 saturated carbocycles. The molecule has 3 heterocycles. The second kappa shape index (κ2) is 10.2. The number of anilines is 1. The van der Waals surface area contributed by atoms with Crippen molar-refractivity contribution >= 4 is 26.7 Å². The molecule has 0 unspecified atom stereocenters. The monoisotopic (exact) mass is 552 g/mol. The van der Waals surface area contributed by atoms with Crippen LogP contribution in [0.1, 0.15) is 0 Å². The van der Waals surface area contributed by atoms with Crippen molar-refractivity contribution in [1.29, 1.82) is 0 Å². The van der Waals surface area contributed by atoms with E-state index in [-0.39, 0.29) is 10.7 Å². The Morgan fingerprint density at radius 1 is 0.800 bits per heavy atom. The van der Waals surface area contributed by atoms with Crippen molar-refractivity contribution < 1.29 is 17.5 Å². The SMILES string of the molecule is Cn1cc(-c2cnc3ccc(-c4cncc(NS(=O)(=O)c5ccc(Oc6ccc(F)cc6)cc5)c4)cc3n2)cn1. The zero-order valence-electron chi connectivity index (χ0n) is 21.1. The molecule has 0 spiro atoms. The highest BCUT2D eigenvalue weighted by Gasteiger charge is 2.16. The van der Waals surface area contributed by atoms with Gasteiger partial charge in [0.05, 0.1) is 45.9 Å². The van der Waals surface area contributed by atoms with Crippen molar-refractivity contribution in [2.45, 2.75) is 4.90 Å². The van der Waals surface area contributed by atoms with Gasteiger partial charge < -0.3 is 4.74 Å². The Balaban J connectivity index is 1.22. The second-order valence-corrected chi connectivity index (χ2v) is 10.6. The summed E-state index contributed by atoms with van der Waals surface area (Å²) < 4.78 is 49.1. The molecule has 3 aromatic carbocycles. The molecule has 1 N–H and O–H groups in total. The van der Waals surface area contributed by atoms with E-state index in [0.29, 0.717) is 34.0 Å². The van der Waals surface area contributed by atoms with Crippen molar-refractivity contribution in [3.8, 4) is 33.9 Å². The number of rotatable bonds is 7. The average Bonchev–Trinajstić information content (AvgIpc) is 3.40. The van der Waals surface area contributed by atoms with Gasteiger partial charge >= 0.3 is 0 Å². The predicted molar refractivity (Wildman–Crippen MR) is 149 cm³/mol. The van der Waals surface area contributed by atoms with Crippen molar-refractivity contribution in [3.05, 3.63) is 110 Å². The number of hydrogen-bond donors (Lipinski definition) is 1. The van der Waals surface area contributed by atoms with Gasteiger partial charge in [-0.25, -0.2) is 17.8 Å². The molecule has 198 valence electrons. The summed E-state index contributed by atoms with van der Waals surface area (Å²) in [6, 6.07) is 18.8. The Labute approximate surface area is 229 Å². The predicted octanol–water partition coefficient (Wildman–Crippen LogP) is 5.82. The van der Waals surface area contributed by atoms with Crippen LogP contribution in [0.5, 0.6) is 11.5 Å². The van der Waals surface area contributed by atoms with Crippen molar-refractivity contribution in [3.63, 3.8) is 0 Å². The summed E-state index contributed by atoms with van der Waals surface area (Å²) in [5.74, 6) is 0.481. The minimum Gasteiger partial charge on any atom is -0.457 e. The van der Waals surface area contributed by atoms with Crippen LogP contribution < -0.4 is 9.46 Å². The lowest BCUT2D eigenvalue weighted by Gasteiger charge is -2.11. The van der Waals surface area contributed by atoms with Crippen LogP contribution in [-0.4, -0.2) is 33.2 Å². The lowest BCUT2D eigenvalue weighted by molar-refractivity contribution is 0.480. The number of benzene rings is 3. The highest BCUT2D eigenvalue weighted by atomic mass is 32.2. The van der Waals surface area contributed by atoms with Gasteiger partial charge in [-0.15, -0.1) is 0 Å². The first kappa shape index (κ1) is 25.1. The summed E-state index contributed by atoms with van der Waals surface area (Å²) in [6.07, 6.45) is 8.39. The van der Waals surface area contributed by atoms with Crippen molar-refractivity contribution in [2.75, 3.05) is 4.72 Å². The standard InChI is InChI=1S/C29H21FN6O3S/c1-36-18-21(15-33-36)29-17-32-27-11-2-19(13-28(27)34-29)20-12-23(16-31-14-20)35-40(37,38)26-9-7-25(8-10-26)39-24-5-3-22(30)4-6-24/h2-18,35H,1H3. The molecule has 0 atom stereocenters. The van der Waals surface area contributed by atoms with E-state index >= 15 is 0 Å². The van der Waals surface area contributed by atoms with Gasteiger partial charge in [-0.2, -0.15) is 5.10 Å². The van der Waals surface area contributed by atoms with Gasteiger partial charge in [0.1, 0.15) is 17.3 Å². The summed E-state index contributed by atoms with van der Waals surface area (Å²) in [5, 5.41) is 4.19. The van der Waals surface area contributed by atoms with Gasteiger partial charge in [-0.05, 0) is 72.3 Å². The highest BCUT2D eigenvalue weighted by Crippen LogP contribution is 2.28. The molecule has 3 aromatic heterocycles. The van der Waals surface area contributed by atoms with Gasteiger partial charge in [0.2, 0.25) is 0 Å². The van der Waals surface area contributed by atoms with Crippen LogP contribution in [-0.2, 0) is 17.1 Å². The third-order valence-corrected chi connectivity index (χ3v) is 7.45. The molecule has 9 nitrogen and oxygen atoms in total. The fraction of sp³-hybridized carbons (Fsp3) is 0.0345. The molecule has 40 heavy (non-hydrogen) atoms. The highest BCUT2D eigenvalue weighted by molar-refractivity contribution is 7.92. The van der Waals surface area contributed by atoms with Crippen LogP contribution in [0.2, 0.25) is 0 Å². The molecule has 0 radical (unpaired) electrons. The average molecular weight is 553 g/mol. The van der Waals surface area contributed by atoms with Crippen LogP contribution in [0.25, 0.3) is 33.4 Å². The number of aryl methyl sites for hydroxylation is 1. The maximum atomic E-state index is 13.1. The smallest absolute Gasteiger partial charge is 0.261 e. The summed E-state index contributed by atoms with van der Waals surface area (Å²) in [6.45, 7) is 0. The molecule has 0 fully saturated rings. The molecule has 0 aliphatic carbocycles. The zero-order valence-corrected chi connectivity index (χ0v) is 21.9. The van der Waals surface area contributed by atoms with E-state index in [1.54, 1.807) is 29.3 Å². The number of halogens is 1. The Bertz CT molecular complexity index is 1940. The van der Waals surface area contributed by atoms with E-state index in [0.717, 1.165) is 16.6 Å². The summed E-state index contributed by atoms with van der Waals surface area (Å²) >= 11 is 0. The Morgan fingerprint density at radius 2 is 1.55 bits per heavy atom. The third-order valence-electron chi connectivity index (χ3n) is 6.05. The summed E-state index contributed by atoms with van der Waals surface area (Å²) in [7, 11) is -2.06. The number of aromatic nitrogens is 5. The van der Waals surface area contributed by atoms with Gasteiger partial charge in [0, 0.05) is 30.6 Å². The largest absolute Gasteiger partial charge is 0.457 e. The Morgan fingerprint density at radius 3 is 2.27 bits per heavy atom. The molecular formula is C29H21FN6O3S. The minimum atomic E-state index is -3.90. The lowest BCUT2D eigenvalue weighted by atomic mass is 10.1. The maximum Gasteiger partial charge on any atom is 0.261 e. The van der Waals surface area contributed by atoms with Crippen molar-refractivity contribution in [1.82, 2.24) is 24.7 Å². The Kier molecular flexibility index (Phi) is 6.40. The van der Waals surface area contributed by atoms with Crippen LogP contribution in [0, 0.1) is 5.82 Å². The van der Waals surface area contributed by atoms with E-state index in [2.05, 4.69) is 19.8 Å². The van der Waals surface area contributed by atoms with Gasteiger partial charge in [0.15, 0.2) is 0 Å². The van der Waals surface area contributed by atoms with Gasteiger partial charge in [0.25, 0.3) is 10.0 Å². The number of fused-ring (bicyclic) bond motifs is 1. The Hall–Kier alpha value is -5.16. The quantitative estimate of drug-likeness (QED) is 0.265. The van der Waals surface area contributed by atoms with E-state index < -0.39 is 10.0 Å². The molecule has 0 bridgehead atoms. The zero-order chi connectivity index (χ0) is 27.7. The molecule has 0 saturated heterocycles.